The average molecular weight is 304 g/mol. The molecular formula is C19H20N4. The molecule has 0 saturated carbocycles. The molecule has 0 aliphatic carbocycles. The third-order valence-electron chi connectivity index (χ3n) is 3.69. The first-order valence-corrected chi connectivity index (χ1v) is 7.65. The molecule has 23 heavy (non-hydrogen) atoms. The van der Waals surface area contributed by atoms with Crippen LogP contribution in [0.1, 0.15) is 11.1 Å². The summed E-state index contributed by atoms with van der Waals surface area (Å²) in [5.41, 5.74) is 5.41. The molecule has 4 nitrogen and oxygen atoms in total. The van der Waals surface area contributed by atoms with Crippen LogP contribution in [-0.2, 0) is 6.54 Å². The van der Waals surface area contributed by atoms with Crippen molar-refractivity contribution >= 4 is 11.5 Å². The number of hydrogen-bond donors (Lipinski definition) is 2. The van der Waals surface area contributed by atoms with Crippen LogP contribution in [0.25, 0.3) is 11.3 Å². The summed E-state index contributed by atoms with van der Waals surface area (Å²) in [5.74, 6) is 0.842. The molecule has 3 rings (SSSR count). The summed E-state index contributed by atoms with van der Waals surface area (Å²) in [6.07, 6.45) is 3.63. The van der Waals surface area contributed by atoms with Crippen molar-refractivity contribution in [3.8, 4) is 11.3 Å². The molecule has 3 aromatic rings. The van der Waals surface area contributed by atoms with Gasteiger partial charge in [-0.2, -0.15) is 0 Å². The number of rotatable bonds is 5. The Morgan fingerprint density at radius 2 is 1.83 bits per heavy atom. The first kappa shape index (κ1) is 15.0. The van der Waals surface area contributed by atoms with E-state index < -0.39 is 0 Å². The van der Waals surface area contributed by atoms with Crippen LogP contribution in [0.5, 0.6) is 0 Å². The fourth-order valence-electron chi connectivity index (χ4n) is 2.37. The SMILES string of the molecule is CNc1ccc(-c2ccc(C)cc2)nc1NCc1cccnc1. The molecule has 2 N–H and O–H groups in total. The molecule has 116 valence electrons. The Morgan fingerprint density at radius 1 is 1.00 bits per heavy atom. The number of hydrogen-bond acceptors (Lipinski definition) is 4. The van der Waals surface area contributed by atoms with Crippen molar-refractivity contribution in [2.75, 3.05) is 17.7 Å². The molecule has 1 aromatic carbocycles. The number of aromatic nitrogens is 2. The van der Waals surface area contributed by atoms with Gasteiger partial charge in [0.05, 0.1) is 11.4 Å². The van der Waals surface area contributed by atoms with Gasteiger partial charge >= 0.3 is 0 Å². The van der Waals surface area contributed by atoms with Crippen LogP contribution in [0.15, 0.2) is 60.9 Å². The van der Waals surface area contributed by atoms with E-state index in [4.69, 9.17) is 4.98 Å². The minimum atomic E-state index is 0.687. The lowest BCUT2D eigenvalue weighted by Crippen LogP contribution is -2.05. The van der Waals surface area contributed by atoms with Crippen LogP contribution >= 0.6 is 0 Å². The van der Waals surface area contributed by atoms with Crippen LogP contribution < -0.4 is 10.6 Å². The van der Waals surface area contributed by atoms with E-state index in [1.54, 1.807) is 6.20 Å². The fraction of sp³-hybridized carbons (Fsp3) is 0.158. The maximum absolute atomic E-state index is 4.76. The van der Waals surface area contributed by atoms with Crippen LogP contribution in [0.2, 0.25) is 0 Å². The van der Waals surface area contributed by atoms with Gasteiger partial charge in [0.15, 0.2) is 0 Å². The highest BCUT2D eigenvalue weighted by Crippen LogP contribution is 2.25. The first-order chi connectivity index (χ1) is 11.3. The van der Waals surface area contributed by atoms with Gasteiger partial charge in [0.25, 0.3) is 0 Å². The van der Waals surface area contributed by atoms with E-state index in [1.807, 2.05) is 37.5 Å². The van der Waals surface area contributed by atoms with Gasteiger partial charge in [-0.15, -0.1) is 0 Å². The highest BCUT2D eigenvalue weighted by molar-refractivity contribution is 5.70. The summed E-state index contributed by atoms with van der Waals surface area (Å²) in [6, 6.07) is 16.5. The molecule has 2 aromatic heterocycles. The van der Waals surface area contributed by atoms with Gasteiger partial charge in [-0.1, -0.05) is 35.9 Å². The van der Waals surface area contributed by atoms with Crippen molar-refractivity contribution in [2.24, 2.45) is 0 Å². The predicted octanol–water partition coefficient (Wildman–Crippen LogP) is 4.11. The molecular weight excluding hydrogens is 284 g/mol. The van der Waals surface area contributed by atoms with Gasteiger partial charge in [0.1, 0.15) is 5.82 Å². The van der Waals surface area contributed by atoms with Crippen molar-refractivity contribution in [1.29, 1.82) is 0 Å². The predicted molar refractivity (Wildman–Crippen MR) is 95.5 cm³/mol. The van der Waals surface area contributed by atoms with Gasteiger partial charge in [-0.05, 0) is 30.7 Å². The van der Waals surface area contributed by atoms with E-state index in [2.05, 4.69) is 46.8 Å². The second kappa shape index (κ2) is 6.92. The monoisotopic (exact) mass is 304 g/mol. The molecule has 2 heterocycles. The zero-order chi connectivity index (χ0) is 16.1. The van der Waals surface area contributed by atoms with E-state index in [1.165, 1.54) is 5.56 Å². The van der Waals surface area contributed by atoms with E-state index in [9.17, 15) is 0 Å². The summed E-state index contributed by atoms with van der Waals surface area (Å²) < 4.78 is 0. The van der Waals surface area contributed by atoms with Gasteiger partial charge in [-0.3, -0.25) is 4.98 Å². The van der Waals surface area contributed by atoms with Crippen LogP contribution in [-0.4, -0.2) is 17.0 Å². The molecule has 0 fully saturated rings. The Labute approximate surface area is 136 Å². The zero-order valence-corrected chi connectivity index (χ0v) is 13.4. The number of aryl methyl sites for hydroxylation is 1. The largest absolute Gasteiger partial charge is 0.385 e. The summed E-state index contributed by atoms with van der Waals surface area (Å²) in [6.45, 7) is 2.77. The lowest BCUT2D eigenvalue weighted by atomic mass is 10.1. The van der Waals surface area contributed by atoms with Crippen LogP contribution in [0, 0.1) is 6.92 Å². The van der Waals surface area contributed by atoms with Crippen molar-refractivity contribution < 1.29 is 0 Å². The Kier molecular flexibility index (Phi) is 4.52. The van der Waals surface area contributed by atoms with E-state index >= 15 is 0 Å². The molecule has 4 heteroatoms. The Balaban J connectivity index is 1.85. The topological polar surface area (TPSA) is 49.8 Å². The number of anilines is 2. The minimum Gasteiger partial charge on any atom is -0.385 e. The van der Waals surface area contributed by atoms with Gasteiger partial charge in [0, 0.05) is 31.5 Å². The third-order valence-corrected chi connectivity index (χ3v) is 3.69. The molecule has 0 atom stereocenters. The summed E-state index contributed by atoms with van der Waals surface area (Å²) in [4.78, 5) is 8.90. The number of benzene rings is 1. The minimum absolute atomic E-state index is 0.687. The summed E-state index contributed by atoms with van der Waals surface area (Å²) in [5, 5.41) is 6.57. The Morgan fingerprint density at radius 3 is 2.52 bits per heavy atom. The van der Waals surface area contributed by atoms with Crippen molar-refractivity contribution in [1.82, 2.24) is 9.97 Å². The molecule has 0 aliphatic rings. The van der Waals surface area contributed by atoms with Crippen molar-refractivity contribution in [2.45, 2.75) is 13.5 Å². The summed E-state index contributed by atoms with van der Waals surface area (Å²) >= 11 is 0. The molecule has 0 aliphatic heterocycles. The molecule has 0 unspecified atom stereocenters. The Bertz CT molecular complexity index is 767. The van der Waals surface area contributed by atoms with Gasteiger partial charge in [0.2, 0.25) is 0 Å². The third kappa shape index (κ3) is 3.66. The molecule has 0 amide bonds. The number of nitrogens with zero attached hydrogens (tertiary/aromatic N) is 2. The Hall–Kier alpha value is -2.88. The smallest absolute Gasteiger partial charge is 0.150 e. The molecule has 0 radical (unpaired) electrons. The maximum Gasteiger partial charge on any atom is 0.150 e. The van der Waals surface area contributed by atoms with Crippen molar-refractivity contribution in [3.63, 3.8) is 0 Å². The number of nitrogens with one attached hydrogen (secondary N) is 2. The van der Waals surface area contributed by atoms with E-state index in [0.717, 1.165) is 28.3 Å². The molecule has 0 bridgehead atoms. The van der Waals surface area contributed by atoms with Gasteiger partial charge < -0.3 is 10.6 Å². The van der Waals surface area contributed by atoms with Gasteiger partial charge in [-0.25, -0.2) is 4.98 Å². The highest BCUT2D eigenvalue weighted by atomic mass is 15.0. The quantitative estimate of drug-likeness (QED) is 0.745. The first-order valence-electron chi connectivity index (χ1n) is 7.65. The standard InChI is InChI=1S/C19H20N4/c1-14-5-7-16(8-6-14)17-9-10-18(20-2)19(23-17)22-13-15-4-3-11-21-12-15/h3-12,20H,13H2,1-2H3,(H,22,23). The van der Waals surface area contributed by atoms with E-state index in [0.29, 0.717) is 6.54 Å². The lowest BCUT2D eigenvalue weighted by Gasteiger charge is -2.13. The van der Waals surface area contributed by atoms with Crippen LogP contribution in [0.3, 0.4) is 0 Å². The maximum atomic E-state index is 4.76. The van der Waals surface area contributed by atoms with E-state index in [-0.39, 0.29) is 0 Å². The normalized spacial score (nSPS) is 10.3. The van der Waals surface area contributed by atoms with Crippen LogP contribution in [0.4, 0.5) is 11.5 Å². The van der Waals surface area contributed by atoms with Crippen molar-refractivity contribution in [3.05, 3.63) is 72.1 Å². The second-order valence-corrected chi connectivity index (χ2v) is 5.42. The molecule has 0 saturated heterocycles. The zero-order valence-electron chi connectivity index (χ0n) is 13.4. The molecule has 0 spiro atoms. The lowest BCUT2D eigenvalue weighted by molar-refractivity contribution is 1.09. The fourth-order valence-corrected chi connectivity index (χ4v) is 2.37. The highest BCUT2D eigenvalue weighted by Gasteiger charge is 2.06. The second-order valence-electron chi connectivity index (χ2n) is 5.42. The number of pyridine rings is 2. The average Bonchev–Trinajstić information content (AvgIpc) is 2.61. The summed E-state index contributed by atoms with van der Waals surface area (Å²) in [7, 11) is 1.90.